The number of nitrogens with zero attached hydrogens (tertiary/aromatic N) is 2. The fourth-order valence-electron chi connectivity index (χ4n) is 2.37. The van der Waals surface area contributed by atoms with Crippen LogP contribution in [0.15, 0.2) is 24.3 Å². The largest absolute Gasteiger partial charge is 0.491 e. The van der Waals surface area contributed by atoms with Crippen molar-refractivity contribution in [3.63, 3.8) is 0 Å². The lowest BCUT2D eigenvalue weighted by Gasteiger charge is -2.32. The minimum absolute atomic E-state index is 0.0839. The van der Waals surface area contributed by atoms with Gasteiger partial charge in [0.25, 0.3) is 0 Å². The Bertz CT molecular complexity index is 571. The van der Waals surface area contributed by atoms with Crippen LogP contribution in [0.1, 0.15) is 19.4 Å². The van der Waals surface area contributed by atoms with E-state index in [0.717, 1.165) is 21.1 Å². The van der Waals surface area contributed by atoms with Crippen LogP contribution in [0, 0.1) is 5.92 Å². The number of hydrogen-bond donors (Lipinski definition) is 0. The first-order valence-corrected chi connectivity index (χ1v) is 7.16. The molecule has 1 aliphatic heterocycles. The van der Waals surface area contributed by atoms with E-state index in [1.54, 1.807) is 0 Å². The summed E-state index contributed by atoms with van der Waals surface area (Å²) in [5, 5.41) is 0. The van der Waals surface area contributed by atoms with Gasteiger partial charge in [-0.15, -0.1) is 0 Å². The van der Waals surface area contributed by atoms with E-state index in [1.807, 2.05) is 38.1 Å². The molecule has 6 nitrogen and oxygen atoms in total. The highest BCUT2D eigenvalue weighted by atomic mass is 16.5. The fourth-order valence-corrected chi connectivity index (χ4v) is 2.37. The summed E-state index contributed by atoms with van der Waals surface area (Å²) >= 11 is 0. The van der Waals surface area contributed by atoms with Crippen molar-refractivity contribution in [1.29, 1.82) is 0 Å². The highest BCUT2D eigenvalue weighted by Crippen LogP contribution is 2.21. The van der Waals surface area contributed by atoms with Crippen molar-refractivity contribution in [2.75, 3.05) is 14.1 Å². The third-order valence-corrected chi connectivity index (χ3v) is 3.57. The van der Waals surface area contributed by atoms with Crippen molar-refractivity contribution in [3.05, 3.63) is 29.8 Å². The first kappa shape index (κ1) is 16.0. The molecule has 0 bridgehead atoms. The Kier molecular flexibility index (Phi) is 4.49. The van der Waals surface area contributed by atoms with Crippen LogP contribution in [0.2, 0.25) is 0 Å². The summed E-state index contributed by atoms with van der Waals surface area (Å²) in [5.41, 5.74) is 0.846. The van der Waals surface area contributed by atoms with Gasteiger partial charge in [-0.1, -0.05) is 12.1 Å². The number of benzene rings is 1. The maximum absolute atomic E-state index is 12.1. The summed E-state index contributed by atoms with van der Waals surface area (Å²) in [6.07, 6.45) is 0.349. The number of ether oxygens (including phenoxy) is 1. The molecule has 0 N–H and O–H groups in total. The summed E-state index contributed by atoms with van der Waals surface area (Å²) in [6, 6.07) is 6.69. The van der Waals surface area contributed by atoms with Gasteiger partial charge in [0.2, 0.25) is 11.8 Å². The molecule has 1 saturated heterocycles. The van der Waals surface area contributed by atoms with Crippen LogP contribution in [-0.2, 0) is 16.0 Å². The van der Waals surface area contributed by atoms with E-state index >= 15 is 0 Å². The van der Waals surface area contributed by atoms with Crippen LogP contribution in [0.25, 0.3) is 0 Å². The van der Waals surface area contributed by atoms with E-state index in [2.05, 4.69) is 0 Å². The fraction of sp³-hybridized carbons (Fsp3) is 0.438. The van der Waals surface area contributed by atoms with Crippen molar-refractivity contribution in [3.8, 4) is 5.75 Å². The second kappa shape index (κ2) is 6.17. The Labute approximate surface area is 129 Å². The number of amides is 4. The first-order chi connectivity index (χ1) is 10.3. The number of carbonyl (C=O) groups is 3. The molecule has 1 aliphatic rings. The molecule has 22 heavy (non-hydrogen) atoms. The van der Waals surface area contributed by atoms with Gasteiger partial charge in [-0.05, 0) is 38.0 Å². The number of imide groups is 2. The summed E-state index contributed by atoms with van der Waals surface area (Å²) in [6.45, 7) is 3.88. The average Bonchev–Trinajstić information content (AvgIpc) is 2.49. The molecule has 0 aliphatic carbocycles. The standard InChI is InChI=1S/C16H20N2O4/c1-10(2)22-12-7-5-11(6-8-12)9-13-14(19)17(3)16(21)18(4)15(13)20/h5-8,10,13H,9H2,1-4H3. The van der Waals surface area contributed by atoms with E-state index in [-0.39, 0.29) is 12.5 Å². The molecule has 0 unspecified atom stereocenters. The van der Waals surface area contributed by atoms with Crippen molar-refractivity contribution < 1.29 is 19.1 Å². The van der Waals surface area contributed by atoms with Gasteiger partial charge < -0.3 is 4.74 Å². The summed E-state index contributed by atoms with van der Waals surface area (Å²) < 4.78 is 5.55. The Morgan fingerprint density at radius 3 is 1.95 bits per heavy atom. The summed E-state index contributed by atoms with van der Waals surface area (Å²) in [7, 11) is 2.78. The molecule has 0 radical (unpaired) electrons. The van der Waals surface area contributed by atoms with Crippen molar-refractivity contribution in [1.82, 2.24) is 9.80 Å². The predicted octanol–water partition coefficient (Wildman–Crippen LogP) is 1.68. The Balaban J connectivity index is 2.13. The van der Waals surface area contributed by atoms with E-state index < -0.39 is 23.8 Å². The maximum Gasteiger partial charge on any atom is 0.332 e. The third kappa shape index (κ3) is 3.10. The summed E-state index contributed by atoms with van der Waals surface area (Å²) in [4.78, 5) is 37.9. The molecule has 0 atom stereocenters. The van der Waals surface area contributed by atoms with Gasteiger partial charge in [0.05, 0.1) is 6.10 Å². The highest BCUT2D eigenvalue weighted by Gasteiger charge is 2.42. The van der Waals surface area contributed by atoms with E-state index in [1.165, 1.54) is 14.1 Å². The number of urea groups is 1. The molecule has 0 aromatic heterocycles. The topological polar surface area (TPSA) is 66.9 Å². The number of barbiturate groups is 1. The average molecular weight is 304 g/mol. The number of carbonyl (C=O) groups excluding carboxylic acids is 3. The smallest absolute Gasteiger partial charge is 0.332 e. The second-order valence-corrected chi connectivity index (χ2v) is 5.64. The van der Waals surface area contributed by atoms with Crippen molar-refractivity contribution in [2.45, 2.75) is 26.4 Å². The van der Waals surface area contributed by atoms with E-state index in [9.17, 15) is 14.4 Å². The molecule has 4 amide bonds. The molecule has 118 valence electrons. The molecule has 1 heterocycles. The second-order valence-electron chi connectivity index (χ2n) is 5.64. The maximum atomic E-state index is 12.1. The molecule has 2 rings (SSSR count). The molecule has 1 fully saturated rings. The molecule has 1 aromatic carbocycles. The molecule has 6 heteroatoms. The lowest BCUT2D eigenvalue weighted by atomic mass is 9.95. The highest BCUT2D eigenvalue weighted by molar-refractivity contribution is 6.15. The van der Waals surface area contributed by atoms with Crippen molar-refractivity contribution in [2.24, 2.45) is 5.92 Å². The molecule has 1 aromatic rings. The number of hydrogen-bond acceptors (Lipinski definition) is 4. The summed E-state index contributed by atoms with van der Waals surface area (Å²) in [5.74, 6) is -1.04. The predicted molar refractivity (Wildman–Crippen MR) is 80.3 cm³/mol. The van der Waals surface area contributed by atoms with Crippen LogP contribution in [0.4, 0.5) is 4.79 Å². The molecular formula is C16H20N2O4. The van der Waals surface area contributed by atoms with Crippen LogP contribution in [-0.4, -0.2) is 47.8 Å². The van der Waals surface area contributed by atoms with Crippen LogP contribution < -0.4 is 4.74 Å². The molecule has 0 saturated carbocycles. The Morgan fingerprint density at radius 1 is 1.00 bits per heavy atom. The van der Waals surface area contributed by atoms with Gasteiger partial charge in [0.1, 0.15) is 11.7 Å². The van der Waals surface area contributed by atoms with Gasteiger partial charge in [0, 0.05) is 14.1 Å². The monoisotopic (exact) mass is 304 g/mol. The normalized spacial score (nSPS) is 16.7. The quantitative estimate of drug-likeness (QED) is 0.794. The lowest BCUT2D eigenvalue weighted by molar-refractivity contribution is -0.147. The molecular weight excluding hydrogens is 284 g/mol. The zero-order valence-electron chi connectivity index (χ0n) is 13.2. The van der Waals surface area contributed by atoms with Crippen LogP contribution in [0.5, 0.6) is 5.75 Å². The minimum atomic E-state index is -0.857. The zero-order valence-corrected chi connectivity index (χ0v) is 13.2. The van der Waals surface area contributed by atoms with Crippen LogP contribution >= 0.6 is 0 Å². The van der Waals surface area contributed by atoms with Crippen LogP contribution in [0.3, 0.4) is 0 Å². The van der Waals surface area contributed by atoms with Gasteiger partial charge in [-0.25, -0.2) is 4.79 Å². The first-order valence-electron chi connectivity index (χ1n) is 7.16. The zero-order chi connectivity index (χ0) is 16.4. The van der Waals surface area contributed by atoms with Gasteiger partial charge in [-0.3, -0.25) is 19.4 Å². The van der Waals surface area contributed by atoms with E-state index in [0.29, 0.717) is 0 Å². The van der Waals surface area contributed by atoms with E-state index in [4.69, 9.17) is 4.74 Å². The molecule has 0 spiro atoms. The van der Waals surface area contributed by atoms with Gasteiger partial charge in [-0.2, -0.15) is 0 Å². The Morgan fingerprint density at radius 2 is 1.50 bits per heavy atom. The van der Waals surface area contributed by atoms with Gasteiger partial charge >= 0.3 is 6.03 Å². The lowest BCUT2D eigenvalue weighted by Crippen LogP contribution is -2.57. The third-order valence-electron chi connectivity index (χ3n) is 3.57. The van der Waals surface area contributed by atoms with Crippen molar-refractivity contribution >= 4 is 17.8 Å². The Hall–Kier alpha value is -2.37. The minimum Gasteiger partial charge on any atom is -0.491 e. The SMILES string of the molecule is CC(C)Oc1ccc(CC2C(=O)N(C)C(=O)N(C)C2=O)cc1. The number of rotatable bonds is 4. The van der Waals surface area contributed by atoms with Gasteiger partial charge in [0.15, 0.2) is 0 Å².